The zero-order valence-electron chi connectivity index (χ0n) is 11.3. The third kappa shape index (κ3) is 3.07. The highest BCUT2D eigenvalue weighted by atomic mass is 35.5. The summed E-state index contributed by atoms with van der Waals surface area (Å²) in [6, 6.07) is 1.33. The molecule has 0 radical (unpaired) electrons. The summed E-state index contributed by atoms with van der Waals surface area (Å²) in [5, 5.41) is 10.8. The third-order valence-electron chi connectivity index (χ3n) is 3.34. The summed E-state index contributed by atoms with van der Waals surface area (Å²) in [5.74, 6) is -1.22. The van der Waals surface area contributed by atoms with E-state index in [-0.39, 0.29) is 23.0 Å². The highest BCUT2D eigenvalue weighted by Gasteiger charge is 2.36. The van der Waals surface area contributed by atoms with Gasteiger partial charge in [0, 0.05) is 18.7 Å². The fraction of sp³-hybridized carbons (Fsp3) is 0.462. The van der Waals surface area contributed by atoms with Crippen molar-refractivity contribution in [1.29, 1.82) is 0 Å². The molecular weight excluding hydrogens is 303 g/mol. The van der Waals surface area contributed by atoms with Gasteiger partial charge in [0.05, 0.1) is 16.6 Å². The van der Waals surface area contributed by atoms with Crippen LogP contribution in [0.1, 0.15) is 19.8 Å². The minimum atomic E-state index is -0.758. The number of esters is 1. The molecule has 0 saturated carbocycles. The molecule has 1 aromatic carbocycles. The van der Waals surface area contributed by atoms with Crippen molar-refractivity contribution in [2.45, 2.75) is 25.8 Å². The monoisotopic (exact) mass is 316 g/mol. The zero-order chi connectivity index (χ0) is 15.6. The lowest BCUT2D eigenvalue weighted by atomic mass is 10.2. The SMILES string of the molecule is CCOC(=O)C1CCCN1c1cc(F)c(Cl)cc1[N+](=O)[O-]. The van der Waals surface area contributed by atoms with Gasteiger partial charge in [0.15, 0.2) is 0 Å². The van der Waals surface area contributed by atoms with Crippen LogP contribution in [-0.4, -0.2) is 30.1 Å². The lowest BCUT2D eigenvalue weighted by Crippen LogP contribution is -2.37. The fourth-order valence-electron chi connectivity index (χ4n) is 2.44. The van der Waals surface area contributed by atoms with Gasteiger partial charge < -0.3 is 9.64 Å². The van der Waals surface area contributed by atoms with Gasteiger partial charge in [-0.05, 0) is 19.8 Å². The molecule has 0 bridgehead atoms. The number of hydrogen-bond acceptors (Lipinski definition) is 5. The van der Waals surface area contributed by atoms with E-state index in [1.807, 2.05) is 0 Å². The Labute approximate surface area is 125 Å². The number of rotatable bonds is 4. The van der Waals surface area contributed by atoms with Crippen molar-refractivity contribution in [2.24, 2.45) is 0 Å². The Bertz CT molecular complexity index is 582. The van der Waals surface area contributed by atoms with Gasteiger partial charge in [-0.25, -0.2) is 9.18 Å². The molecule has 8 heteroatoms. The van der Waals surface area contributed by atoms with Gasteiger partial charge in [-0.2, -0.15) is 0 Å². The van der Waals surface area contributed by atoms with Crippen LogP contribution in [0.15, 0.2) is 12.1 Å². The van der Waals surface area contributed by atoms with Crippen molar-refractivity contribution in [3.05, 3.63) is 33.1 Å². The van der Waals surface area contributed by atoms with E-state index in [0.717, 1.165) is 12.1 Å². The minimum absolute atomic E-state index is 0.0532. The quantitative estimate of drug-likeness (QED) is 0.485. The molecule has 1 heterocycles. The maximum atomic E-state index is 13.7. The van der Waals surface area contributed by atoms with Gasteiger partial charge in [-0.3, -0.25) is 10.1 Å². The number of nitro benzene ring substituents is 1. The van der Waals surface area contributed by atoms with Crippen molar-refractivity contribution < 1.29 is 18.8 Å². The molecule has 114 valence electrons. The molecule has 2 rings (SSSR count). The van der Waals surface area contributed by atoms with E-state index in [1.54, 1.807) is 6.92 Å². The molecule has 21 heavy (non-hydrogen) atoms. The standard InChI is InChI=1S/C13H14ClFN2O4/c1-2-21-13(18)10-4-3-5-16(10)11-7-9(15)8(14)6-12(11)17(19)20/h6-7,10H,2-5H2,1H3. The Morgan fingerprint density at radius 3 is 2.95 bits per heavy atom. The highest BCUT2D eigenvalue weighted by Crippen LogP contribution is 2.37. The van der Waals surface area contributed by atoms with E-state index >= 15 is 0 Å². The number of hydrogen-bond donors (Lipinski definition) is 0. The van der Waals surface area contributed by atoms with Crippen LogP contribution in [0, 0.1) is 15.9 Å². The van der Waals surface area contributed by atoms with Gasteiger partial charge in [0.2, 0.25) is 0 Å². The van der Waals surface area contributed by atoms with Crippen molar-refractivity contribution >= 4 is 28.9 Å². The van der Waals surface area contributed by atoms with Crippen LogP contribution >= 0.6 is 11.6 Å². The summed E-state index contributed by atoms with van der Waals surface area (Å²) in [4.78, 5) is 23.9. The summed E-state index contributed by atoms with van der Waals surface area (Å²) >= 11 is 5.60. The van der Waals surface area contributed by atoms with E-state index in [9.17, 15) is 19.3 Å². The Kier molecular flexibility index (Phi) is 4.62. The summed E-state index contributed by atoms with van der Waals surface area (Å²) in [7, 11) is 0. The lowest BCUT2D eigenvalue weighted by molar-refractivity contribution is -0.384. The minimum Gasteiger partial charge on any atom is -0.464 e. The third-order valence-corrected chi connectivity index (χ3v) is 3.62. The predicted octanol–water partition coefficient (Wildman–Crippen LogP) is 2.92. The first kappa shape index (κ1) is 15.5. The van der Waals surface area contributed by atoms with Crippen LogP contribution < -0.4 is 4.90 Å². The number of anilines is 1. The topological polar surface area (TPSA) is 72.7 Å². The summed E-state index contributed by atoms with van der Waals surface area (Å²) in [6.45, 7) is 2.33. The Morgan fingerprint density at radius 1 is 1.62 bits per heavy atom. The second kappa shape index (κ2) is 6.26. The first-order valence-corrected chi connectivity index (χ1v) is 6.90. The molecule has 0 spiro atoms. The van der Waals surface area contributed by atoms with Crippen LogP contribution in [0.4, 0.5) is 15.8 Å². The average Bonchev–Trinajstić information content (AvgIpc) is 2.90. The van der Waals surface area contributed by atoms with Crippen LogP contribution in [0.5, 0.6) is 0 Å². The molecule has 1 atom stereocenters. The molecular formula is C13H14ClFN2O4. The normalized spacial score (nSPS) is 17.9. The number of nitrogens with zero attached hydrogens (tertiary/aromatic N) is 2. The van der Waals surface area contributed by atoms with E-state index in [1.165, 1.54) is 4.90 Å². The van der Waals surface area contributed by atoms with Gasteiger partial charge in [-0.1, -0.05) is 11.6 Å². The second-order valence-corrected chi connectivity index (χ2v) is 5.02. The molecule has 1 saturated heterocycles. The molecule has 6 nitrogen and oxygen atoms in total. The van der Waals surface area contributed by atoms with Gasteiger partial charge >= 0.3 is 5.97 Å². The van der Waals surface area contributed by atoms with Crippen LogP contribution in [0.3, 0.4) is 0 Å². The van der Waals surface area contributed by atoms with E-state index in [4.69, 9.17) is 16.3 Å². The van der Waals surface area contributed by atoms with E-state index in [2.05, 4.69) is 0 Å². The molecule has 0 N–H and O–H groups in total. The van der Waals surface area contributed by atoms with Gasteiger partial charge in [0.1, 0.15) is 17.5 Å². The predicted molar refractivity (Wildman–Crippen MR) is 75.1 cm³/mol. The van der Waals surface area contributed by atoms with E-state index < -0.39 is 22.8 Å². The van der Waals surface area contributed by atoms with Crippen LogP contribution in [-0.2, 0) is 9.53 Å². The van der Waals surface area contributed by atoms with Crippen molar-refractivity contribution in [2.75, 3.05) is 18.1 Å². The molecule has 0 aliphatic carbocycles. The van der Waals surface area contributed by atoms with Crippen molar-refractivity contribution in [3.8, 4) is 0 Å². The first-order chi connectivity index (χ1) is 9.95. The number of nitro groups is 1. The van der Waals surface area contributed by atoms with E-state index in [0.29, 0.717) is 19.4 Å². The summed E-state index contributed by atoms with van der Waals surface area (Å²) < 4.78 is 18.6. The Balaban J connectivity index is 2.42. The van der Waals surface area contributed by atoms with Crippen molar-refractivity contribution in [3.63, 3.8) is 0 Å². The number of ether oxygens (including phenoxy) is 1. The maximum absolute atomic E-state index is 13.7. The fourth-order valence-corrected chi connectivity index (χ4v) is 2.60. The molecule has 0 aromatic heterocycles. The Hall–Kier alpha value is -1.89. The number of carbonyl (C=O) groups is 1. The van der Waals surface area contributed by atoms with Crippen LogP contribution in [0.25, 0.3) is 0 Å². The number of carbonyl (C=O) groups excluding carboxylic acids is 1. The first-order valence-electron chi connectivity index (χ1n) is 6.52. The average molecular weight is 317 g/mol. The highest BCUT2D eigenvalue weighted by molar-refractivity contribution is 6.31. The lowest BCUT2D eigenvalue weighted by Gasteiger charge is -2.25. The molecule has 1 unspecified atom stereocenters. The smallest absolute Gasteiger partial charge is 0.328 e. The zero-order valence-corrected chi connectivity index (χ0v) is 12.1. The second-order valence-electron chi connectivity index (χ2n) is 4.62. The molecule has 1 aliphatic heterocycles. The van der Waals surface area contributed by atoms with Gasteiger partial charge in [0.25, 0.3) is 5.69 Å². The largest absolute Gasteiger partial charge is 0.464 e. The van der Waals surface area contributed by atoms with Crippen LogP contribution in [0.2, 0.25) is 5.02 Å². The molecule has 1 fully saturated rings. The molecule has 0 amide bonds. The maximum Gasteiger partial charge on any atom is 0.328 e. The van der Waals surface area contributed by atoms with Crippen molar-refractivity contribution in [1.82, 2.24) is 0 Å². The van der Waals surface area contributed by atoms with Gasteiger partial charge in [-0.15, -0.1) is 0 Å². The molecule has 1 aliphatic rings. The summed E-state index contributed by atoms with van der Waals surface area (Å²) in [6.07, 6.45) is 1.19. The number of halogens is 2. The summed E-state index contributed by atoms with van der Waals surface area (Å²) in [5.41, 5.74) is -0.268. The Morgan fingerprint density at radius 2 is 2.33 bits per heavy atom. The molecule has 1 aromatic rings. The number of benzene rings is 1.